The van der Waals surface area contributed by atoms with Gasteiger partial charge in [-0.05, 0) is 19.9 Å². The van der Waals surface area contributed by atoms with Gasteiger partial charge in [-0.2, -0.15) is 5.10 Å². The van der Waals surface area contributed by atoms with Crippen molar-refractivity contribution >= 4 is 28.4 Å². The van der Waals surface area contributed by atoms with E-state index in [1.165, 1.54) is 6.20 Å². The number of nitro groups is 1. The molecule has 0 aromatic carbocycles. The van der Waals surface area contributed by atoms with E-state index in [2.05, 4.69) is 29.9 Å². The Hall–Kier alpha value is -3.30. The summed E-state index contributed by atoms with van der Waals surface area (Å²) in [6, 6.07) is 1.78. The highest BCUT2D eigenvalue weighted by Gasteiger charge is 2.23. The van der Waals surface area contributed by atoms with Crippen molar-refractivity contribution in [1.82, 2.24) is 24.7 Å². The van der Waals surface area contributed by atoms with E-state index < -0.39 is 4.92 Å². The highest BCUT2D eigenvalue weighted by atomic mass is 16.6. The largest absolute Gasteiger partial charge is 0.353 e. The predicted octanol–water partition coefficient (Wildman–Crippen LogP) is 1.61. The fourth-order valence-electron chi connectivity index (χ4n) is 3.40. The number of aryl methyl sites for hydroxylation is 3. The van der Waals surface area contributed by atoms with Crippen LogP contribution in [0.1, 0.15) is 11.4 Å². The number of anilines is 2. The molecule has 10 heteroatoms. The van der Waals surface area contributed by atoms with Crippen LogP contribution in [0.3, 0.4) is 0 Å². The number of rotatable bonds is 3. The molecule has 0 bridgehead atoms. The molecule has 4 rings (SSSR count). The molecule has 1 aliphatic rings. The molecule has 3 aromatic heterocycles. The van der Waals surface area contributed by atoms with Crippen LogP contribution in [0.2, 0.25) is 0 Å². The smallest absolute Gasteiger partial charge is 0.290 e. The molecule has 4 heterocycles. The first-order chi connectivity index (χ1) is 12.9. The molecular weight excluding hydrogens is 348 g/mol. The summed E-state index contributed by atoms with van der Waals surface area (Å²) in [6.45, 7) is 6.69. The highest BCUT2D eigenvalue weighted by molar-refractivity contribution is 5.87. The van der Waals surface area contributed by atoms with Gasteiger partial charge in [0, 0.05) is 38.8 Å². The van der Waals surface area contributed by atoms with Gasteiger partial charge in [0.2, 0.25) is 0 Å². The van der Waals surface area contributed by atoms with Crippen LogP contribution in [0, 0.1) is 24.0 Å². The zero-order valence-corrected chi connectivity index (χ0v) is 15.5. The molecule has 0 amide bonds. The standard InChI is InChI=1S/C17H20N8O2/c1-11-8-15(18-10-14(11)25(26)27)23-4-6-24(7-5-23)17-13-9-19-22(3)16(13)20-12(2)21-17/h8-10H,4-7H2,1-3H3. The molecule has 1 fully saturated rings. The van der Waals surface area contributed by atoms with Gasteiger partial charge in [0.25, 0.3) is 5.69 Å². The summed E-state index contributed by atoms with van der Waals surface area (Å²) in [7, 11) is 1.87. The second-order valence-corrected chi connectivity index (χ2v) is 6.66. The van der Waals surface area contributed by atoms with Gasteiger partial charge in [0.05, 0.1) is 16.5 Å². The molecule has 0 spiro atoms. The summed E-state index contributed by atoms with van der Waals surface area (Å²) in [6.07, 6.45) is 3.14. The molecule has 0 saturated carbocycles. The van der Waals surface area contributed by atoms with Gasteiger partial charge in [-0.15, -0.1) is 0 Å². The van der Waals surface area contributed by atoms with Gasteiger partial charge < -0.3 is 9.80 Å². The van der Waals surface area contributed by atoms with E-state index in [1.807, 2.05) is 14.0 Å². The Bertz CT molecular complexity index is 1020. The summed E-state index contributed by atoms with van der Waals surface area (Å²) in [5.74, 6) is 2.39. The van der Waals surface area contributed by atoms with Gasteiger partial charge in [0.15, 0.2) is 5.65 Å². The molecule has 0 radical (unpaired) electrons. The minimum atomic E-state index is -0.402. The number of hydrogen-bond donors (Lipinski definition) is 0. The molecule has 10 nitrogen and oxygen atoms in total. The van der Waals surface area contributed by atoms with Gasteiger partial charge in [-0.1, -0.05) is 0 Å². The van der Waals surface area contributed by atoms with Crippen molar-refractivity contribution in [2.24, 2.45) is 7.05 Å². The summed E-state index contributed by atoms with van der Waals surface area (Å²) >= 11 is 0. The van der Waals surface area contributed by atoms with Crippen molar-refractivity contribution < 1.29 is 4.92 Å². The number of aromatic nitrogens is 5. The molecule has 1 aliphatic heterocycles. The molecule has 0 atom stereocenters. The lowest BCUT2D eigenvalue weighted by Gasteiger charge is -2.36. The normalized spacial score (nSPS) is 14.8. The third-order valence-corrected chi connectivity index (χ3v) is 4.85. The van der Waals surface area contributed by atoms with Gasteiger partial charge in [-0.25, -0.2) is 15.0 Å². The SMILES string of the molecule is Cc1nc(N2CCN(c3cc(C)c([N+](=O)[O-])cn3)CC2)c2cnn(C)c2n1. The van der Waals surface area contributed by atoms with Crippen LogP contribution >= 0.6 is 0 Å². The molecule has 0 unspecified atom stereocenters. The second-order valence-electron chi connectivity index (χ2n) is 6.66. The second kappa shape index (κ2) is 6.45. The first-order valence-corrected chi connectivity index (χ1v) is 8.71. The zero-order chi connectivity index (χ0) is 19.1. The van der Waals surface area contributed by atoms with Crippen LogP contribution in [0.15, 0.2) is 18.5 Å². The Balaban J connectivity index is 1.55. The van der Waals surface area contributed by atoms with Crippen molar-refractivity contribution in [3.8, 4) is 0 Å². The lowest BCUT2D eigenvalue weighted by Crippen LogP contribution is -2.47. The maximum atomic E-state index is 11.0. The average Bonchev–Trinajstić information content (AvgIpc) is 3.02. The lowest BCUT2D eigenvalue weighted by molar-refractivity contribution is -0.385. The van der Waals surface area contributed by atoms with Crippen LogP contribution < -0.4 is 9.80 Å². The van der Waals surface area contributed by atoms with Gasteiger partial charge >= 0.3 is 0 Å². The van der Waals surface area contributed by atoms with E-state index in [-0.39, 0.29) is 5.69 Å². The quantitative estimate of drug-likeness (QED) is 0.507. The molecule has 3 aromatic rings. The molecule has 0 N–H and O–H groups in total. The third kappa shape index (κ3) is 3.03. The lowest BCUT2D eigenvalue weighted by atomic mass is 10.2. The molecule has 1 saturated heterocycles. The fraction of sp³-hybridized carbons (Fsp3) is 0.412. The minimum absolute atomic E-state index is 0.0489. The van der Waals surface area contributed by atoms with Crippen LogP contribution in [-0.2, 0) is 7.05 Å². The fourth-order valence-corrected chi connectivity index (χ4v) is 3.40. The number of fused-ring (bicyclic) bond motifs is 1. The zero-order valence-electron chi connectivity index (χ0n) is 15.5. The Morgan fingerprint density at radius 1 is 1.07 bits per heavy atom. The average molecular weight is 368 g/mol. The number of nitrogens with zero attached hydrogens (tertiary/aromatic N) is 8. The van der Waals surface area contributed by atoms with Crippen LogP contribution in [0.4, 0.5) is 17.3 Å². The number of hydrogen-bond acceptors (Lipinski definition) is 8. The van der Waals surface area contributed by atoms with Crippen LogP contribution in [0.5, 0.6) is 0 Å². The van der Waals surface area contributed by atoms with E-state index in [9.17, 15) is 10.1 Å². The van der Waals surface area contributed by atoms with Crippen molar-refractivity contribution in [3.05, 3.63) is 40.0 Å². The maximum absolute atomic E-state index is 11.0. The van der Waals surface area contributed by atoms with Crippen molar-refractivity contribution in [3.63, 3.8) is 0 Å². The van der Waals surface area contributed by atoms with E-state index in [4.69, 9.17) is 0 Å². The minimum Gasteiger partial charge on any atom is -0.353 e. The summed E-state index contributed by atoms with van der Waals surface area (Å²) in [5.41, 5.74) is 1.50. The number of pyridine rings is 1. The van der Waals surface area contributed by atoms with E-state index in [0.717, 1.165) is 54.7 Å². The summed E-state index contributed by atoms with van der Waals surface area (Å²) < 4.78 is 1.76. The van der Waals surface area contributed by atoms with E-state index in [1.54, 1.807) is 23.9 Å². The Kier molecular flexibility index (Phi) is 4.09. The maximum Gasteiger partial charge on any atom is 0.290 e. The first-order valence-electron chi connectivity index (χ1n) is 8.71. The van der Waals surface area contributed by atoms with Crippen LogP contribution in [0.25, 0.3) is 11.0 Å². The summed E-state index contributed by atoms with van der Waals surface area (Å²) in [4.78, 5) is 28.3. The summed E-state index contributed by atoms with van der Waals surface area (Å²) in [5, 5.41) is 16.2. The van der Waals surface area contributed by atoms with Crippen LogP contribution in [-0.4, -0.2) is 55.8 Å². The Labute approximate surface area is 155 Å². The first kappa shape index (κ1) is 17.1. The topological polar surface area (TPSA) is 106 Å². The Morgan fingerprint density at radius 2 is 1.78 bits per heavy atom. The molecule has 27 heavy (non-hydrogen) atoms. The van der Waals surface area contributed by atoms with Crippen molar-refractivity contribution in [2.75, 3.05) is 36.0 Å². The third-order valence-electron chi connectivity index (χ3n) is 4.85. The molecular formula is C17H20N8O2. The van der Waals surface area contributed by atoms with E-state index >= 15 is 0 Å². The van der Waals surface area contributed by atoms with Crippen molar-refractivity contribution in [2.45, 2.75) is 13.8 Å². The van der Waals surface area contributed by atoms with E-state index in [0.29, 0.717) is 5.56 Å². The highest BCUT2D eigenvalue weighted by Crippen LogP contribution is 2.26. The molecule has 140 valence electrons. The monoisotopic (exact) mass is 368 g/mol. The number of piperazine rings is 1. The Morgan fingerprint density at radius 3 is 2.44 bits per heavy atom. The van der Waals surface area contributed by atoms with Crippen molar-refractivity contribution in [1.29, 1.82) is 0 Å². The molecule has 0 aliphatic carbocycles. The van der Waals surface area contributed by atoms with Gasteiger partial charge in [-0.3, -0.25) is 14.8 Å². The van der Waals surface area contributed by atoms with Gasteiger partial charge in [0.1, 0.15) is 23.7 Å². The predicted molar refractivity (Wildman–Crippen MR) is 101 cm³/mol.